The molecule has 0 radical (unpaired) electrons. The van der Waals surface area contributed by atoms with Crippen LogP contribution in [-0.2, 0) is 19.4 Å². The maximum atomic E-state index is 5.95. The van der Waals surface area contributed by atoms with Gasteiger partial charge in [-0.15, -0.1) is 0 Å². The summed E-state index contributed by atoms with van der Waals surface area (Å²) in [6.07, 6.45) is 8.20. The molecule has 1 aliphatic rings. The van der Waals surface area contributed by atoms with Crippen LogP contribution < -0.4 is 10.6 Å². The van der Waals surface area contributed by atoms with Crippen LogP contribution in [-0.4, -0.2) is 30.1 Å². The smallest absolute Gasteiger partial charge is 0.133 e. The minimum atomic E-state index is 0.502. The summed E-state index contributed by atoms with van der Waals surface area (Å²) in [6, 6.07) is 2.80. The topological polar surface area (TPSA) is 42.2 Å². The monoisotopic (exact) mass is 293 g/mol. The molecule has 1 aliphatic carbocycles. The molecule has 1 aromatic rings. The molecule has 1 aromatic heterocycles. The van der Waals surface area contributed by atoms with Gasteiger partial charge >= 0.3 is 0 Å². The second-order valence-corrected chi connectivity index (χ2v) is 6.72. The Morgan fingerprint density at radius 2 is 2.15 bits per heavy atom. The molecule has 1 unspecified atom stereocenters. The van der Waals surface area contributed by atoms with Crippen LogP contribution in [0, 0.1) is 0 Å². The van der Waals surface area contributed by atoms with E-state index in [0.29, 0.717) is 12.6 Å². The first-order valence-electron chi connectivity index (χ1n) is 7.61. The predicted octanol–water partition coefficient (Wildman–Crippen LogP) is 3.00. The summed E-state index contributed by atoms with van der Waals surface area (Å²) < 4.78 is 0. The van der Waals surface area contributed by atoms with Crippen molar-refractivity contribution in [2.24, 2.45) is 5.73 Å². The van der Waals surface area contributed by atoms with Gasteiger partial charge in [0.15, 0.2) is 0 Å². The van der Waals surface area contributed by atoms with E-state index < -0.39 is 0 Å². The van der Waals surface area contributed by atoms with E-state index in [4.69, 9.17) is 10.7 Å². The van der Waals surface area contributed by atoms with Crippen molar-refractivity contribution in [2.45, 2.75) is 51.6 Å². The van der Waals surface area contributed by atoms with Gasteiger partial charge in [-0.1, -0.05) is 0 Å². The Labute approximate surface area is 127 Å². The fraction of sp³-hybridized carbons (Fsp3) is 0.688. The molecule has 0 fully saturated rings. The SMILES string of the molecule is CSCCC(C)N(C)c1nc2c(cc1CN)CCCC2. The molecule has 0 saturated carbocycles. The summed E-state index contributed by atoms with van der Waals surface area (Å²) >= 11 is 1.90. The Morgan fingerprint density at radius 3 is 2.85 bits per heavy atom. The maximum Gasteiger partial charge on any atom is 0.133 e. The Balaban J connectivity index is 2.25. The zero-order valence-corrected chi connectivity index (χ0v) is 13.8. The molecule has 1 atom stereocenters. The molecule has 0 saturated heterocycles. The highest BCUT2D eigenvalue weighted by Crippen LogP contribution is 2.27. The van der Waals surface area contributed by atoms with E-state index in [1.54, 1.807) is 0 Å². The van der Waals surface area contributed by atoms with Crippen molar-refractivity contribution < 1.29 is 0 Å². The standard InChI is InChI=1S/C16H27N3S/c1-12(8-9-20-3)19(2)16-14(11-17)10-13-6-4-5-7-15(13)18-16/h10,12H,4-9,11,17H2,1-3H3. The molecule has 112 valence electrons. The fourth-order valence-electron chi connectivity index (χ4n) is 2.82. The van der Waals surface area contributed by atoms with Gasteiger partial charge in [0.05, 0.1) is 0 Å². The summed E-state index contributed by atoms with van der Waals surface area (Å²) in [4.78, 5) is 7.27. The summed E-state index contributed by atoms with van der Waals surface area (Å²) in [5.41, 5.74) is 9.87. The van der Waals surface area contributed by atoms with Crippen LogP contribution in [0.4, 0.5) is 5.82 Å². The fourth-order valence-corrected chi connectivity index (χ4v) is 3.39. The molecule has 0 spiro atoms. The number of hydrogen-bond acceptors (Lipinski definition) is 4. The first-order valence-corrected chi connectivity index (χ1v) is 9.00. The van der Waals surface area contributed by atoms with Crippen LogP contribution >= 0.6 is 11.8 Å². The summed E-state index contributed by atoms with van der Waals surface area (Å²) in [7, 11) is 2.15. The van der Waals surface area contributed by atoms with Gasteiger partial charge in [-0.25, -0.2) is 4.98 Å². The predicted molar refractivity (Wildman–Crippen MR) is 89.6 cm³/mol. The van der Waals surface area contributed by atoms with Gasteiger partial charge in [-0.05, 0) is 62.7 Å². The molecular formula is C16H27N3S. The minimum absolute atomic E-state index is 0.502. The summed E-state index contributed by atoms with van der Waals surface area (Å²) in [6.45, 7) is 2.85. The van der Waals surface area contributed by atoms with Gasteiger partial charge in [-0.2, -0.15) is 11.8 Å². The van der Waals surface area contributed by atoms with Crippen LogP contribution in [0.2, 0.25) is 0 Å². The molecule has 4 heteroatoms. The highest BCUT2D eigenvalue weighted by Gasteiger charge is 2.19. The van der Waals surface area contributed by atoms with Crippen LogP contribution in [0.3, 0.4) is 0 Å². The second kappa shape index (κ2) is 7.32. The molecule has 1 heterocycles. The van der Waals surface area contributed by atoms with Gasteiger partial charge in [0.1, 0.15) is 5.82 Å². The molecule has 2 N–H and O–H groups in total. The Bertz CT molecular complexity index is 448. The molecule has 2 rings (SSSR count). The number of fused-ring (bicyclic) bond motifs is 1. The summed E-state index contributed by atoms with van der Waals surface area (Å²) in [5.74, 6) is 2.29. The van der Waals surface area contributed by atoms with Crippen molar-refractivity contribution in [3.8, 4) is 0 Å². The largest absolute Gasteiger partial charge is 0.357 e. The zero-order chi connectivity index (χ0) is 14.5. The Kier molecular flexibility index (Phi) is 5.73. The number of pyridine rings is 1. The van der Waals surface area contributed by atoms with Gasteiger partial charge in [0, 0.05) is 30.9 Å². The van der Waals surface area contributed by atoms with Crippen molar-refractivity contribution in [3.05, 3.63) is 22.9 Å². The lowest BCUT2D eigenvalue weighted by atomic mass is 9.94. The van der Waals surface area contributed by atoms with Crippen molar-refractivity contribution in [3.63, 3.8) is 0 Å². The second-order valence-electron chi connectivity index (χ2n) is 5.73. The van der Waals surface area contributed by atoms with E-state index in [2.05, 4.69) is 31.2 Å². The third kappa shape index (κ3) is 3.47. The minimum Gasteiger partial charge on any atom is -0.357 e. The molecule has 0 aromatic carbocycles. The number of aromatic nitrogens is 1. The number of thioether (sulfide) groups is 1. The first-order chi connectivity index (χ1) is 9.67. The highest BCUT2D eigenvalue weighted by molar-refractivity contribution is 7.98. The third-order valence-electron chi connectivity index (χ3n) is 4.31. The molecule has 0 bridgehead atoms. The van der Waals surface area contributed by atoms with Gasteiger partial charge in [0.25, 0.3) is 0 Å². The van der Waals surface area contributed by atoms with Crippen LogP contribution in [0.1, 0.15) is 43.0 Å². The van der Waals surface area contributed by atoms with E-state index in [0.717, 1.165) is 12.2 Å². The lowest BCUT2D eigenvalue weighted by Crippen LogP contribution is -2.32. The van der Waals surface area contributed by atoms with Crippen molar-refractivity contribution in [1.82, 2.24) is 4.98 Å². The lowest BCUT2D eigenvalue weighted by molar-refractivity contribution is 0.639. The van der Waals surface area contributed by atoms with Crippen LogP contribution in [0.25, 0.3) is 0 Å². The molecule has 0 amide bonds. The summed E-state index contributed by atoms with van der Waals surface area (Å²) in [5, 5.41) is 0. The first kappa shape index (κ1) is 15.6. The zero-order valence-electron chi connectivity index (χ0n) is 13.0. The van der Waals surface area contributed by atoms with Gasteiger partial charge < -0.3 is 10.6 Å². The van der Waals surface area contributed by atoms with Crippen LogP contribution in [0.5, 0.6) is 0 Å². The average Bonchev–Trinajstić information content (AvgIpc) is 2.50. The maximum absolute atomic E-state index is 5.95. The molecule has 20 heavy (non-hydrogen) atoms. The van der Waals surface area contributed by atoms with Crippen LogP contribution in [0.15, 0.2) is 6.07 Å². The van der Waals surface area contributed by atoms with Crippen molar-refractivity contribution in [1.29, 1.82) is 0 Å². The van der Waals surface area contributed by atoms with Crippen molar-refractivity contribution >= 4 is 17.6 Å². The Morgan fingerprint density at radius 1 is 1.40 bits per heavy atom. The van der Waals surface area contributed by atoms with E-state index in [9.17, 15) is 0 Å². The van der Waals surface area contributed by atoms with Crippen molar-refractivity contribution in [2.75, 3.05) is 24.0 Å². The van der Waals surface area contributed by atoms with E-state index in [1.807, 2.05) is 11.8 Å². The Hall–Kier alpha value is -0.740. The molecule has 0 aliphatic heterocycles. The van der Waals surface area contributed by atoms with Gasteiger partial charge in [-0.3, -0.25) is 0 Å². The molecular weight excluding hydrogens is 266 g/mol. The van der Waals surface area contributed by atoms with E-state index in [1.165, 1.54) is 48.3 Å². The number of rotatable bonds is 6. The third-order valence-corrected chi connectivity index (χ3v) is 4.96. The van der Waals surface area contributed by atoms with E-state index >= 15 is 0 Å². The average molecular weight is 293 g/mol. The van der Waals surface area contributed by atoms with E-state index in [-0.39, 0.29) is 0 Å². The number of aryl methyl sites for hydroxylation is 2. The number of anilines is 1. The number of hydrogen-bond donors (Lipinski definition) is 1. The number of nitrogens with zero attached hydrogens (tertiary/aromatic N) is 2. The lowest BCUT2D eigenvalue weighted by Gasteiger charge is -2.29. The highest BCUT2D eigenvalue weighted by atomic mass is 32.2. The van der Waals surface area contributed by atoms with Gasteiger partial charge in [0.2, 0.25) is 0 Å². The number of nitrogens with two attached hydrogens (primary N) is 1. The normalized spacial score (nSPS) is 15.8. The molecule has 3 nitrogen and oxygen atoms in total. The quantitative estimate of drug-likeness (QED) is 0.875.